The monoisotopic (exact) mass is 348 g/mol. The van der Waals surface area contributed by atoms with Crippen molar-refractivity contribution in [3.05, 3.63) is 78.1 Å². The molecule has 4 nitrogen and oxygen atoms in total. The molecule has 0 radical (unpaired) electrons. The van der Waals surface area contributed by atoms with Crippen LogP contribution in [0.3, 0.4) is 0 Å². The molecule has 0 saturated carbocycles. The first-order chi connectivity index (χ1) is 12.8. The lowest BCUT2D eigenvalue weighted by Gasteiger charge is -2.05. The van der Waals surface area contributed by atoms with E-state index in [-0.39, 0.29) is 5.75 Å². The fraction of sp³-hybridized carbons (Fsp3) is 0.273. The van der Waals surface area contributed by atoms with Crippen LogP contribution in [0, 0.1) is 0 Å². The van der Waals surface area contributed by atoms with Crippen molar-refractivity contribution in [1.82, 2.24) is 9.97 Å². The zero-order chi connectivity index (χ0) is 18.0. The highest BCUT2D eigenvalue weighted by Crippen LogP contribution is 2.18. The highest BCUT2D eigenvalue weighted by atomic mass is 16.5. The molecule has 134 valence electrons. The Labute approximate surface area is 154 Å². The summed E-state index contributed by atoms with van der Waals surface area (Å²) in [5, 5.41) is 9.33. The minimum absolute atomic E-state index is 0.248. The maximum absolute atomic E-state index is 9.33. The first kappa shape index (κ1) is 18.1. The number of unbranched alkanes of at least 4 members (excludes halogenated alkanes) is 2. The fourth-order valence-electron chi connectivity index (χ4n) is 2.72. The highest BCUT2D eigenvalue weighted by molar-refractivity contribution is 5.55. The van der Waals surface area contributed by atoms with E-state index in [1.807, 2.05) is 42.7 Å². The van der Waals surface area contributed by atoms with E-state index in [1.165, 1.54) is 5.56 Å². The summed E-state index contributed by atoms with van der Waals surface area (Å²) in [7, 11) is 0. The summed E-state index contributed by atoms with van der Waals surface area (Å²) < 4.78 is 5.70. The SMILES string of the molecule is Oc1ccc(-c2ncc(CCCCCOCc3ccccc3)cn2)cc1. The van der Waals surface area contributed by atoms with Crippen molar-refractivity contribution in [2.45, 2.75) is 32.3 Å². The molecule has 0 amide bonds. The minimum atomic E-state index is 0.248. The summed E-state index contributed by atoms with van der Waals surface area (Å²) in [6.07, 6.45) is 8.07. The standard InChI is InChI=1S/C22H24N2O2/c25-21-12-10-20(11-13-21)22-23-15-19(16-24-22)9-5-2-6-14-26-17-18-7-3-1-4-8-18/h1,3-4,7-8,10-13,15-16,25H,2,5-6,9,14,17H2. The van der Waals surface area contributed by atoms with Crippen molar-refractivity contribution in [3.8, 4) is 17.1 Å². The molecule has 2 aromatic carbocycles. The number of hydrogen-bond donors (Lipinski definition) is 1. The van der Waals surface area contributed by atoms with Gasteiger partial charge in [-0.25, -0.2) is 9.97 Å². The summed E-state index contributed by atoms with van der Waals surface area (Å²) in [5.41, 5.74) is 3.28. The van der Waals surface area contributed by atoms with Gasteiger partial charge in [0, 0.05) is 24.6 Å². The molecule has 0 aliphatic heterocycles. The van der Waals surface area contributed by atoms with E-state index in [4.69, 9.17) is 4.74 Å². The molecule has 1 aromatic heterocycles. The Bertz CT molecular complexity index is 772. The van der Waals surface area contributed by atoms with Gasteiger partial charge in [0.2, 0.25) is 0 Å². The van der Waals surface area contributed by atoms with E-state index in [1.54, 1.807) is 12.1 Å². The molecule has 0 bridgehead atoms. The fourth-order valence-corrected chi connectivity index (χ4v) is 2.72. The third kappa shape index (κ3) is 5.67. The topological polar surface area (TPSA) is 55.2 Å². The van der Waals surface area contributed by atoms with Gasteiger partial charge in [0.05, 0.1) is 6.61 Å². The van der Waals surface area contributed by atoms with E-state index in [0.717, 1.165) is 43.4 Å². The van der Waals surface area contributed by atoms with Crippen LogP contribution < -0.4 is 0 Å². The van der Waals surface area contributed by atoms with Gasteiger partial charge in [-0.2, -0.15) is 0 Å². The van der Waals surface area contributed by atoms with Crippen LogP contribution in [0.5, 0.6) is 5.75 Å². The van der Waals surface area contributed by atoms with Crippen LogP contribution in [0.15, 0.2) is 67.0 Å². The lowest BCUT2D eigenvalue weighted by Crippen LogP contribution is -1.97. The zero-order valence-electron chi connectivity index (χ0n) is 14.8. The van der Waals surface area contributed by atoms with Crippen LogP contribution >= 0.6 is 0 Å². The first-order valence-electron chi connectivity index (χ1n) is 9.03. The molecule has 0 spiro atoms. The van der Waals surface area contributed by atoms with Crippen molar-refractivity contribution in [2.75, 3.05) is 6.61 Å². The summed E-state index contributed by atoms with van der Waals surface area (Å²) in [4.78, 5) is 8.85. The molecule has 0 aliphatic carbocycles. The number of phenolic OH excluding ortho intramolecular Hbond substituents is 1. The maximum Gasteiger partial charge on any atom is 0.159 e. The zero-order valence-corrected chi connectivity index (χ0v) is 14.8. The lowest BCUT2D eigenvalue weighted by atomic mass is 10.1. The van der Waals surface area contributed by atoms with E-state index < -0.39 is 0 Å². The molecule has 1 heterocycles. The van der Waals surface area contributed by atoms with Crippen molar-refractivity contribution < 1.29 is 9.84 Å². The molecule has 0 saturated heterocycles. The third-order valence-electron chi connectivity index (χ3n) is 4.20. The Morgan fingerprint density at radius 2 is 1.50 bits per heavy atom. The van der Waals surface area contributed by atoms with Crippen LogP contribution in [0.4, 0.5) is 0 Å². The lowest BCUT2D eigenvalue weighted by molar-refractivity contribution is 0.117. The number of aromatic hydroxyl groups is 1. The van der Waals surface area contributed by atoms with Crippen LogP contribution in [0.25, 0.3) is 11.4 Å². The predicted molar refractivity (Wildman–Crippen MR) is 103 cm³/mol. The molecule has 4 heteroatoms. The van der Waals surface area contributed by atoms with Gasteiger partial charge in [-0.15, -0.1) is 0 Å². The molecule has 3 aromatic rings. The van der Waals surface area contributed by atoms with Gasteiger partial charge in [-0.05, 0) is 54.7 Å². The molecule has 0 fully saturated rings. The van der Waals surface area contributed by atoms with Gasteiger partial charge in [0.1, 0.15) is 5.75 Å². The smallest absolute Gasteiger partial charge is 0.159 e. The summed E-state index contributed by atoms with van der Waals surface area (Å²) >= 11 is 0. The molecular weight excluding hydrogens is 324 g/mol. The molecule has 3 rings (SSSR count). The van der Waals surface area contributed by atoms with E-state index in [2.05, 4.69) is 22.1 Å². The van der Waals surface area contributed by atoms with E-state index in [0.29, 0.717) is 12.4 Å². The minimum Gasteiger partial charge on any atom is -0.508 e. The van der Waals surface area contributed by atoms with Crippen LogP contribution in [0.2, 0.25) is 0 Å². The summed E-state index contributed by atoms with van der Waals surface area (Å²) in [6, 6.07) is 17.2. The van der Waals surface area contributed by atoms with Gasteiger partial charge >= 0.3 is 0 Å². The van der Waals surface area contributed by atoms with Crippen molar-refractivity contribution in [2.24, 2.45) is 0 Å². The normalized spacial score (nSPS) is 10.8. The second-order valence-corrected chi connectivity index (χ2v) is 6.31. The number of phenols is 1. The quantitative estimate of drug-likeness (QED) is 0.566. The van der Waals surface area contributed by atoms with E-state index >= 15 is 0 Å². The van der Waals surface area contributed by atoms with Gasteiger partial charge in [0.15, 0.2) is 5.82 Å². The molecule has 0 atom stereocenters. The van der Waals surface area contributed by atoms with Crippen molar-refractivity contribution in [1.29, 1.82) is 0 Å². The van der Waals surface area contributed by atoms with Gasteiger partial charge < -0.3 is 9.84 Å². The highest BCUT2D eigenvalue weighted by Gasteiger charge is 2.02. The number of benzene rings is 2. The summed E-state index contributed by atoms with van der Waals surface area (Å²) in [5.74, 6) is 0.932. The van der Waals surface area contributed by atoms with Gasteiger partial charge in [-0.3, -0.25) is 0 Å². The third-order valence-corrected chi connectivity index (χ3v) is 4.20. The van der Waals surface area contributed by atoms with Gasteiger partial charge in [-0.1, -0.05) is 36.8 Å². The Balaban J connectivity index is 1.33. The van der Waals surface area contributed by atoms with Crippen molar-refractivity contribution >= 4 is 0 Å². The van der Waals surface area contributed by atoms with Crippen LogP contribution in [-0.2, 0) is 17.8 Å². The van der Waals surface area contributed by atoms with Crippen LogP contribution in [0.1, 0.15) is 30.4 Å². The average Bonchev–Trinajstić information content (AvgIpc) is 2.69. The Kier molecular flexibility index (Phi) is 6.73. The molecule has 0 aliphatic rings. The number of ether oxygens (including phenoxy) is 1. The van der Waals surface area contributed by atoms with Crippen LogP contribution in [-0.4, -0.2) is 21.7 Å². The maximum atomic E-state index is 9.33. The first-order valence-corrected chi connectivity index (χ1v) is 9.03. The van der Waals surface area contributed by atoms with E-state index in [9.17, 15) is 5.11 Å². The molecule has 26 heavy (non-hydrogen) atoms. The number of aromatic nitrogens is 2. The number of nitrogens with zero attached hydrogens (tertiary/aromatic N) is 2. The van der Waals surface area contributed by atoms with Gasteiger partial charge in [0.25, 0.3) is 0 Å². The average molecular weight is 348 g/mol. The number of rotatable bonds is 9. The Morgan fingerprint density at radius 3 is 2.23 bits per heavy atom. The predicted octanol–water partition coefficient (Wildman–Crippen LogP) is 4.78. The van der Waals surface area contributed by atoms with Crippen molar-refractivity contribution in [3.63, 3.8) is 0 Å². The molecular formula is C22H24N2O2. The second-order valence-electron chi connectivity index (χ2n) is 6.31. The summed E-state index contributed by atoms with van der Waals surface area (Å²) in [6.45, 7) is 1.48. The second kappa shape index (κ2) is 9.68. The number of aryl methyl sites for hydroxylation is 1. The Hall–Kier alpha value is -2.72. The largest absolute Gasteiger partial charge is 0.508 e. The number of hydrogen-bond acceptors (Lipinski definition) is 4. The molecule has 0 unspecified atom stereocenters. The Morgan fingerprint density at radius 1 is 0.769 bits per heavy atom. The molecule has 1 N–H and O–H groups in total.